The van der Waals surface area contributed by atoms with Crippen molar-refractivity contribution < 1.29 is 27.9 Å². The van der Waals surface area contributed by atoms with Crippen molar-refractivity contribution in [1.29, 1.82) is 0 Å². The predicted octanol–water partition coefficient (Wildman–Crippen LogP) is 3.31. The number of nitrogens with one attached hydrogen (secondary N) is 1. The maximum absolute atomic E-state index is 13.1. The first-order valence-electron chi connectivity index (χ1n) is 8.83. The van der Waals surface area contributed by atoms with Gasteiger partial charge in [-0.25, -0.2) is 13.2 Å². The molecule has 1 amide bonds. The first kappa shape index (κ1) is 22.4. The molecule has 0 aliphatic rings. The van der Waals surface area contributed by atoms with Gasteiger partial charge in [0.1, 0.15) is 12.1 Å². The first-order chi connectivity index (χ1) is 13.5. The number of anilines is 1. The van der Waals surface area contributed by atoms with Gasteiger partial charge in [0.15, 0.2) is 0 Å². The number of hydrogen-bond acceptors (Lipinski definition) is 5. The monoisotopic (exact) mass is 420 g/mol. The van der Waals surface area contributed by atoms with E-state index >= 15 is 0 Å². The molecule has 0 atom stereocenters. The minimum absolute atomic E-state index is 0.0980. The number of carboxylic acid groups (broad SMARTS) is 1. The van der Waals surface area contributed by atoms with E-state index in [0.717, 1.165) is 4.31 Å². The number of hydrogen-bond donors (Lipinski definition) is 2. The van der Waals surface area contributed by atoms with Gasteiger partial charge in [-0.2, -0.15) is 4.31 Å². The Bertz CT molecular complexity index is 968. The van der Waals surface area contributed by atoms with Gasteiger partial charge in [0.25, 0.3) is 0 Å². The van der Waals surface area contributed by atoms with Crippen LogP contribution in [0.2, 0.25) is 0 Å². The average Bonchev–Trinajstić information content (AvgIpc) is 2.60. The Kier molecular flexibility index (Phi) is 6.99. The molecule has 0 bridgehead atoms. The van der Waals surface area contributed by atoms with Crippen molar-refractivity contribution in [2.45, 2.75) is 37.8 Å². The van der Waals surface area contributed by atoms with Crippen LogP contribution in [0.3, 0.4) is 0 Å². The third kappa shape index (κ3) is 6.88. The van der Waals surface area contributed by atoms with Crippen molar-refractivity contribution in [3.63, 3.8) is 0 Å². The molecule has 0 unspecified atom stereocenters. The highest BCUT2D eigenvalue weighted by molar-refractivity contribution is 7.89. The van der Waals surface area contributed by atoms with E-state index < -0.39 is 34.2 Å². The molecular formula is C20H24N2O6S. The van der Waals surface area contributed by atoms with E-state index in [1.54, 1.807) is 51.1 Å². The van der Waals surface area contributed by atoms with E-state index in [1.165, 1.54) is 24.3 Å². The molecule has 0 saturated carbocycles. The molecular weight excluding hydrogens is 396 g/mol. The number of carbonyl (C=O) groups excluding carboxylic acids is 1. The normalized spacial score (nSPS) is 11.9. The van der Waals surface area contributed by atoms with Crippen molar-refractivity contribution in [3.05, 3.63) is 60.2 Å². The largest absolute Gasteiger partial charge is 0.480 e. The van der Waals surface area contributed by atoms with Gasteiger partial charge in [0, 0.05) is 12.2 Å². The van der Waals surface area contributed by atoms with Crippen LogP contribution < -0.4 is 5.32 Å². The second-order valence-electron chi connectivity index (χ2n) is 7.31. The van der Waals surface area contributed by atoms with Crippen LogP contribution in [0.15, 0.2) is 59.5 Å². The number of benzene rings is 2. The molecule has 156 valence electrons. The highest BCUT2D eigenvalue weighted by Crippen LogP contribution is 2.22. The lowest BCUT2D eigenvalue weighted by Gasteiger charge is -2.21. The van der Waals surface area contributed by atoms with Crippen LogP contribution in [0.1, 0.15) is 26.3 Å². The molecule has 2 N–H and O–H groups in total. The third-order valence-corrected chi connectivity index (χ3v) is 5.42. The van der Waals surface area contributed by atoms with Gasteiger partial charge in [0.05, 0.1) is 4.90 Å². The summed E-state index contributed by atoms with van der Waals surface area (Å²) in [6.45, 7) is 4.34. The Labute approximate surface area is 170 Å². The summed E-state index contributed by atoms with van der Waals surface area (Å²) in [5.41, 5.74) is 0.164. The molecule has 9 heteroatoms. The van der Waals surface area contributed by atoms with Crippen molar-refractivity contribution in [1.82, 2.24) is 4.31 Å². The minimum atomic E-state index is -4.13. The minimum Gasteiger partial charge on any atom is -0.480 e. The zero-order chi connectivity index (χ0) is 21.7. The lowest BCUT2D eigenvalue weighted by molar-refractivity contribution is -0.137. The highest BCUT2D eigenvalue weighted by atomic mass is 32.2. The predicted molar refractivity (Wildman–Crippen MR) is 108 cm³/mol. The molecule has 0 aliphatic heterocycles. The second-order valence-corrected chi connectivity index (χ2v) is 9.25. The molecule has 0 saturated heterocycles. The SMILES string of the molecule is CC(C)(C)OC(=O)Nc1cccc(S(=O)(=O)N(CC(=O)O)Cc2ccccc2)c1. The summed E-state index contributed by atoms with van der Waals surface area (Å²) in [5, 5.41) is 11.7. The Morgan fingerprint density at radius 3 is 2.31 bits per heavy atom. The van der Waals surface area contributed by atoms with Gasteiger partial charge in [-0.3, -0.25) is 10.1 Å². The molecule has 29 heavy (non-hydrogen) atoms. The zero-order valence-electron chi connectivity index (χ0n) is 16.5. The van der Waals surface area contributed by atoms with E-state index in [4.69, 9.17) is 4.74 Å². The summed E-state index contributed by atoms with van der Waals surface area (Å²) in [5.74, 6) is -1.27. The van der Waals surface area contributed by atoms with Crippen molar-refractivity contribution in [2.75, 3.05) is 11.9 Å². The number of ether oxygens (including phenoxy) is 1. The number of carboxylic acids is 1. The van der Waals surface area contributed by atoms with Gasteiger partial charge < -0.3 is 9.84 Å². The number of amides is 1. The summed E-state index contributed by atoms with van der Waals surface area (Å²) >= 11 is 0. The van der Waals surface area contributed by atoms with Crippen LogP contribution in [-0.2, 0) is 26.1 Å². The molecule has 2 aromatic rings. The van der Waals surface area contributed by atoms with Crippen LogP contribution >= 0.6 is 0 Å². The lowest BCUT2D eigenvalue weighted by Crippen LogP contribution is -2.35. The van der Waals surface area contributed by atoms with Gasteiger partial charge >= 0.3 is 12.1 Å². The average molecular weight is 420 g/mol. The molecule has 8 nitrogen and oxygen atoms in total. The number of nitrogens with zero attached hydrogens (tertiary/aromatic N) is 1. The Morgan fingerprint density at radius 2 is 1.72 bits per heavy atom. The number of rotatable bonds is 7. The van der Waals surface area contributed by atoms with E-state index in [-0.39, 0.29) is 17.1 Å². The lowest BCUT2D eigenvalue weighted by atomic mass is 10.2. The molecule has 0 spiro atoms. The van der Waals surface area contributed by atoms with Gasteiger partial charge in [-0.1, -0.05) is 36.4 Å². The van der Waals surface area contributed by atoms with E-state index in [9.17, 15) is 23.1 Å². The van der Waals surface area contributed by atoms with Crippen LogP contribution in [0.25, 0.3) is 0 Å². The van der Waals surface area contributed by atoms with Crippen LogP contribution in [-0.4, -0.2) is 42.0 Å². The summed E-state index contributed by atoms with van der Waals surface area (Å²) in [7, 11) is -4.13. The smallest absolute Gasteiger partial charge is 0.412 e. The van der Waals surface area contributed by atoms with Crippen LogP contribution in [0.4, 0.5) is 10.5 Å². The first-order valence-corrected chi connectivity index (χ1v) is 10.3. The van der Waals surface area contributed by atoms with E-state index in [2.05, 4.69) is 5.32 Å². The Hall–Kier alpha value is -2.91. The van der Waals surface area contributed by atoms with E-state index in [0.29, 0.717) is 5.56 Å². The van der Waals surface area contributed by atoms with Crippen molar-refractivity contribution >= 4 is 27.8 Å². The summed E-state index contributed by atoms with van der Waals surface area (Å²) in [4.78, 5) is 23.0. The van der Waals surface area contributed by atoms with Gasteiger partial charge in [-0.05, 0) is 44.5 Å². The topological polar surface area (TPSA) is 113 Å². The second kappa shape index (κ2) is 9.06. The molecule has 0 aliphatic carbocycles. The van der Waals surface area contributed by atoms with Crippen molar-refractivity contribution in [3.8, 4) is 0 Å². The fraction of sp³-hybridized carbons (Fsp3) is 0.300. The summed E-state index contributed by atoms with van der Waals surface area (Å²) in [6.07, 6.45) is -0.723. The van der Waals surface area contributed by atoms with E-state index in [1.807, 2.05) is 0 Å². The summed E-state index contributed by atoms with van der Waals surface area (Å²) < 4.78 is 32.1. The standard InChI is InChI=1S/C20H24N2O6S/c1-20(2,3)28-19(25)21-16-10-7-11-17(12-16)29(26,27)22(14-18(23)24)13-15-8-5-4-6-9-15/h4-12H,13-14H2,1-3H3,(H,21,25)(H,23,24). The van der Waals surface area contributed by atoms with Gasteiger partial charge in [0.2, 0.25) is 10.0 Å². The number of sulfonamides is 1. The zero-order valence-corrected chi connectivity index (χ0v) is 17.3. The fourth-order valence-electron chi connectivity index (χ4n) is 2.47. The molecule has 2 rings (SSSR count). The quantitative estimate of drug-likeness (QED) is 0.710. The molecule has 0 radical (unpaired) electrons. The van der Waals surface area contributed by atoms with Crippen LogP contribution in [0, 0.1) is 0 Å². The third-order valence-electron chi connectivity index (χ3n) is 3.63. The Morgan fingerprint density at radius 1 is 1.07 bits per heavy atom. The molecule has 2 aromatic carbocycles. The van der Waals surface area contributed by atoms with Crippen molar-refractivity contribution in [2.24, 2.45) is 0 Å². The highest BCUT2D eigenvalue weighted by Gasteiger charge is 2.27. The molecule has 0 heterocycles. The maximum atomic E-state index is 13.1. The molecule has 0 aromatic heterocycles. The van der Waals surface area contributed by atoms with Gasteiger partial charge in [-0.15, -0.1) is 0 Å². The maximum Gasteiger partial charge on any atom is 0.412 e. The van der Waals surface area contributed by atoms with Crippen LogP contribution in [0.5, 0.6) is 0 Å². The molecule has 0 fully saturated rings. The Balaban J connectivity index is 2.29. The number of aliphatic carboxylic acids is 1. The fourth-order valence-corrected chi connectivity index (χ4v) is 3.89. The number of carbonyl (C=O) groups is 2. The summed E-state index contributed by atoms with van der Waals surface area (Å²) in [6, 6.07) is 14.3.